The average Bonchev–Trinajstić information content (AvgIpc) is 3.11. The SMILES string of the molecule is C=c1c2c(C)c(C)cc(C)c2n2c3ccccc3c3c(CC(C)(C)CC)cc(/C=C\C)c1c32. The smallest absolute Gasteiger partial charge is 0.0628 e. The molecule has 5 rings (SSSR count). The Morgan fingerprint density at radius 2 is 1.67 bits per heavy atom. The molecule has 1 heteroatoms. The summed E-state index contributed by atoms with van der Waals surface area (Å²) in [6.07, 6.45) is 6.65. The predicted molar refractivity (Wildman–Crippen MR) is 147 cm³/mol. The van der Waals surface area contributed by atoms with E-state index in [0.29, 0.717) is 0 Å². The van der Waals surface area contributed by atoms with E-state index in [4.69, 9.17) is 6.58 Å². The first-order chi connectivity index (χ1) is 15.7. The Bertz CT molecular complexity index is 1640. The van der Waals surface area contributed by atoms with Crippen molar-refractivity contribution in [1.82, 2.24) is 4.40 Å². The summed E-state index contributed by atoms with van der Waals surface area (Å²) in [6, 6.07) is 13.7. The zero-order valence-corrected chi connectivity index (χ0v) is 21.2. The number of allylic oxidation sites excluding steroid dienone is 1. The van der Waals surface area contributed by atoms with Crippen LogP contribution in [0.4, 0.5) is 0 Å². The van der Waals surface area contributed by atoms with Gasteiger partial charge in [0.1, 0.15) is 0 Å². The van der Waals surface area contributed by atoms with E-state index in [-0.39, 0.29) is 5.41 Å². The molecule has 0 bridgehead atoms. The lowest BCUT2D eigenvalue weighted by Crippen LogP contribution is -2.15. The fourth-order valence-electron chi connectivity index (χ4n) is 5.77. The molecule has 2 heterocycles. The zero-order valence-electron chi connectivity index (χ0n) is 21.2. The van der Waals surface area contributed by atoms with E-state index >= 15 is 0 Å². The standard InChI is InChI=1S/C32H35N/c1-9-13-23-17-24(18-32(7,8)10-2)29-25-14-11-12-15-26(25)33-30-20(4)16-19(3)21(5)27(30)22(6)28(23)31(29)33/h9,11-17H,6,10,18H2,1-5,7-8H3/b13-9-. The number of nitrogens with zero attached hydrogens (tertiary/aromatic N) is 1. The highest BCUT2D eigenvalue weighted by Crippen LogP contribution is 2.41. The summed E-state index contributed by atoms with van der Waals surface area (Å²) >= 11 is 0. The molecule has 0 aliphatic carbocycles. The van der Waals surface area contributed by atoms with Gasteiger partial charge in [0.05, 0.1) is 16.6 Å². The van der Waals surface area contributed by atoms with E-state index in [1.54, 1.807) is 0 Å². The van der Waals surface area contributed by atoms with Gasteiger partial charge in [0.2, 0.25) is 0 Å². The summed E-state index contributed by atoms with van der Waals surface area (Å²) in [5.74, 6) is 0. The van der Waals surface area contributed by atoms with Crippen LogP contribution < -0.4 is 5.22 Å². The Balaban J connectivity index is 2.18. The van der Waals surface area contributed by atoms with Crippen molar-refractivity contribution in [3.8, 4) is 0 Å². The molecule has 0 aliphatic heterocycles. The van der Waals surface area contributed by atoms with Crippen LogP contribution in [-0.2, 0) is 6.42 Å². The Hall–Kier alpha value is -3.06. The lowest BCUT2D eigenvalue weighted by Gasteiger charge is -2.24. The lowest BCUT2D eigenvalue weighted by atomic mass is 9.81. The second-order valence-electron chi connectivity index (χ2n) is 10.6. The highest BCUT2D eigenvalue weighted by Gasteiger charge is 2.24. The van der Waals surface area contributed by atoms with Crippen LogP contribution in [0.5, 0.6) is 0 Å². The fraction of sp³-hybridized carbons (Fsp3) is 0.312. The summed E-state index contributed by atoms with van der Waals surface area (Å²) in [7, 11) is 0. The lowest BCUT2D eigenvalue weighted by molar-refractivity contribution is 0.350. The summed E-state index contributed by atoms with van der Waals surface area (Å²) < 4.78 is 2.54. The molecule has 0 aliphatic rings. The Kier molecular flexibility index (Phi) is 4.94. The number of rotatable bonds is 4. The van der Waals surface area contributed by atoms with Crippen molar-refractivity contribution in [3.05, 3.63) is 75.5 Å². The van der Waals surface area contributed by atoms with E-state index < -0.39 is 0 Å². The molecule has 0 fully saturated rings. The molecule has 0 unspecified atom stereocenters. The van der Waals surface area contributed by atoms with Crippen LogP contribution in [0.3, 0.4) is 0 Å². The van der Waals surface area contributed by atoms with Crippen molar-refractivity contribution >= 4 is 50.7 Å². The number of hydrogen-bond donors (Lipinski definition) is 0. The van der Waals surface area contributed by atoms with E-state index in [1.165, 1.54) is 65.9 Å². The third kappa shape index (κ3) is 3.05. The summed E-state index contributed by atoms with van der Waals surface area (Å²) in [5, 5.41) is 6.50. The van der Waals surface area contributed by atoms with Gasteiger partial charge in [-0.2, -0.15) is 0 Å². The maximum absolute atomic E-state index is 4.71. The van der Waals surface area contributed by atoms with Crippen LogP contribution in [0, 0.1) is 26.2 Å². The quantitative estimate of drug-likeness (QED) is 0.250. The number of para-hydroxylation sites is 1. The van der Waals surface area contributed by atoms with Gasteiger partial charge < -0.3 is 4.40 Å². The largest absolute Gasteiger partial charge is 0.308 e. The first kappa shape index (κ1) is 21.8. The number of aryl methyl sites for hydroxylation is 3. The first-order valence-electron chi connectivity index (χ1n) is 12.2. The molecule has 0 spiro atoms. The molecular weight excluding hydrogens is 398 g/mol. The minimum Gasteiger partial charge on any atom is -0.308 e. The number of benzene rings is 3. The predicted octanol–water partition coefficient (Wildman–Crippen LogP) is 8.47. The van der Waals surface area contributed by atoms with E-state index in [2.05, 4.69) is 101 Å². The van der Waals surface area contributed by atoms with Crippen LogP contribution in [0.2, 0.25) is 0 Å². The minimum atomic E-state index is 0.244. The van der Waals surface area contributed by atoms with Crippen molar-refractivity contribution in [1.29, 1.82) is 0 Å². The van der Waals surface area contributed by atoms with Crippen LogP contribution in [0.25, 0.3) is 50.7 Å². The monoisotopic (exact) mass is 433 g/mol. The topological polar surface area (TPSA) is 4.41 Å². The number of fused-ring (bicyclic) bond motifs is 5. The van der Waals surface area contributed by atoms with Crippen molar-refractivity contribution in [2.75, 3.05) is 0 Å². The molecule has 0 radical (unpaired) electrons. The van der Waals surface area contributed by atoms with Crippen molar-refractivity contribution < 1.29 is 0 Å². The van der Waals surface area contributed by atoms with Crippen LogP contribution >= 0.6 is 0 Å². The second-order valence-corrected chi connectivity index (χ2v) is 10.6. The van der Waals surface area contributed by atoms with Gasteiger partial charge in [-0.3, -0.25) is 0 Å². The highest BCUT2D eigenvalue weighted by molar-refractivity contribution is 6.20. The Morgan fingerprint density at radius 3 is 2.36 bits per heavy atom. The number of hydrogen-bond acceptors (Lipinski definition) is 0. The van der Waals surface area contributed by atoms with Gasteiger partial charge in [0.25, 0.3) is 0 Å². The maximum Gasteiger partial charge on any atom is 0.0628 e. The highest BCUT2D eigenvalue weighted by atomic mass is 14.9. The van der Waals surface area contributed by atoms with Crippen molar-refractivity contribution in [2.24, 2.45) is 5.41 Å². The van der Waals surface area contributed by atoms with Gasteiger partial charge in [0, 0.05) is 21.5 Å². The molecule has 168 valence electrons. The molecule has 0 N–H and O–H groups in total. The van der Waals surface area contributed by atoms with E-state index in [1.807, 2.05) is 0 Å². The second kappa shape index (κ2) is 7.48. The molecule has 3 aromatic carbocycles. The molecule has 1 nitrogen and oxygen atoms in total. The van der Waals surface area contributed by atoms with Gasteiger partial charge >= 0.3 is 0 Å². The van der Waals surface area contributed by atoms with Gasteiger partial charge in [0.15, 0.2) is 0 Å². The van der Waals surface area contributed by atoms with Gasteiger partial charge in [-0.15, -0.1) is 0 Å². The number of pyridine rings is 1. The molecule has 0 saturated heterocycles. The van der Waals surface area contributed by atoms with Crippen molar-refractivity contribution in [2.45, 2.75) is 61.3 Å². The molecule has 0 amide bonds. The van der Waals surface area contributed by atoms with Crippen LogP contribution in [0.1, 0.15) is 61.9 Å². The molecular formula is C32H35N. The first-order valence-corrected chi connectivity index (χ1v) is 12.2. The molecule has 5 aromatic rings. The van der Waals surface area contributed by atoms with Gasteiger partial charge in [-0.05, 0) is 78.6 Å². The summed E-state index contributed by atoms with van der Waals surface area (Å²) in [6.45, 7) is 20.6. The third-order valence-corrected chi connectivity index (χ3v) is 7.86. The van der Waals surface area contributed by atoms with Gasteiger partial charge in [-0.1, -0.05) is 76.3 Å². The van der Waals surface area contributed by atoms with Crippen LogP contribution in [-0.4, -0.2) is 4.40 Å². The average molecular weight is 434 g/mol. The van der Waals surface area contributed by atoms with Gasteiger partial charge in [-0.25, -0.2) is 0 Å². The Labute approximate surface area is 197 Å². The summed E-state index contributed by atoms with van der Waals surface area (Å²) in [5.41, 5.74) is 10.9. The normalized spacial score (nSPS) is 12.9. The fourth-order valence-corrected chi connectivity index (χ4v) is 5.77. The Morgan fingerprint density at radius 1 is 0.939 bits per heavy atom. The van der Waals surface area contributed by atoms with Crippen LogP contribution in [0.15, 0.2) is 42.5 Å². The number of aromatic nitrogens is 1. The third-order valence-electron chi connectivity index (χ3n) is 7.86. The van der Waals surface area contributed by atoms with E-state index in [9.17, 15) is 0 Å². The molecule has 2 aromatic heterocycles. The minimum absolute atomic E-state index is 0.244. The summed E-state index contributed by atoms with van der Waals surface area (Å²) in [4.78, 5) is 0. The maximum atomic E-state index is 4.71. The zero-order chi connectivity index (χ0) is 23.7. The molecule has 0 atom stereocenters. The van der Waals surface area contributed by atoms with Crippen molar-refractivity contribution in [3.63, 3.8) is 0 Å². The molecule has 0 saturated carbocycles. The molecule has 33 heavy (non-hydrogen) atoms. The van der Waals surface area contributed by atoms with E-state index in [0.717, 1.165) is 18.1 Å².